The molecule has 2 amide bonds. The van der Waals surface area contributed by atoms with Gasteiger partial charge in [0.05, 0.1) is 12.1 Å². The van der Waals surface area contributed by atoms with Crippen LogP contribution in [0.25, 0.3) is 0 Å². The number of nitrogens with zero attached hydrogens (tertiary/aromatic N) is 3. The van der Waals surface area contributed by atoms with Crippen molar-refractivity contribution in [1.82, 2.24) is 4.90 Å². The molecule has 0 aromatic carbocycles. The molecule has 106 valence electrons. The maximum atomic E-state index is 12.4. The fraction of sp³-hybridized carbons (Fsp3) is 0.733. The predicted molar refractivity (Wildman–Crippen MR) is 70.7 cm³/mol. The Kier molecular flexibility index (Phi) is 4.09. The zero-order valence-electron chi connectivity index (χ0n) is 11.8. The van der Waals surface area contributed by atoms with Crippen molar-refractivity contribution in [2.75, 3.05) is 6.54 Å². The van der Waals surface area contributed by atoms with Gasteiger partial charge in [-0.3, -0.25) is 14.5 Å². The average Bonchev–Trinajstić information content (AvgIpc) is 2.67. The van der Waals surface area contributed by atoms with Crippen molar-refractivity contribution in [1.29, 1.82) is 10.5 Å². The Morgan fingerprint density at radius 1 is 1.05 bits per heavy atom. The highest BCUT2D eigenvalue weighted by Crippen LogP contribution is 2.50. The normalized spacial score (nSPS) is 29.6. The number of hydrogen-bond acceptors (Lipinski definition) is 4. The Balaban J connectivity index is 2.51. The summed E-state index contributed by atoms with van der Waals surface area (Å²) in [7, 11) is 0. The summed E-state index contributed by atoms with van der Waals surface area (Å²) < 4.78 is 0. The van der Waals surface area contributed by atoms with Crippen molar-refractivity contribution in [2.45, 2.75) is 45.4 Å². The molecule has 2 aliphatic rings. The minimum atomic E-state index is -0.858. The number of hydrogen-bond donors (Lipinski definition) is 0. The second-order valence-corrected chi connectivity index (χ2v) is 5.69. The van der Waals surface area contributed by atoms with Gasteiger partial charge in [-0.05, 0) is 19.8 Å². The van der Waals surface area contributed by atoms with Crippen LogP contribution in [0, 0.1) is 39.9 Å². The van der Waals surface area contributed by atoms with Crippen molar-refractivity contribution in [3.8, 4) is 12.1 Å². The maximum Gasteiger partial charge on any atom is 0.247 e. The molecule has 0 bridgehead atoms. The highest BCUT2D eigenvalue weighted by atomic mass is 16.2. The van der Waals surface area contributed by atoms with Gasteiger partial charge in [0.15, 0.2) is 0 Å². The Bertz CT molecular complexity index is 456. The number of piperidine rings is 1. The molecule has 5 heteroatoms. The molecule has 1 spiro atoms. The fourth-order valence-corrected chi connectivity index (χ4v) is 3.72. The molecular formula is C15H19N3O2. The zero-order valence-corrected chi connectivity index (χ0v) is 11.8. The standard InChI is InChI=1S/C15H19N3O2/c1-2-18-13(19)11(9-16)15(12(10-17)14(18)20)7-5-3-4-6-8-15/h11-12H,2-8H2,1H3/t11-,12-/m1/s1. The highest BCUT2D eigenvalue weighted by molar-refractivity contribution is 6.03. The van der Waals surface area contributed by atoms with Crippen LogP contribution >= 0.6 is 0 Å². The summed E-state index contributed by atoms with van der Waals surface area (Å²) in [6, 6.07) is 4.19. The third-order valence-electron chi connectivity index (χ3n) is 4.78. The van der Waals surface area contributed by atoms with E-state index in [0.717, 1.165) is 30.6 Å². The SMILES string of the molecule is CCN1C(=O)[C@@H](C#N)C2(CCCCCC2)[C@H](C#N)C1=O. The largest absolute Gasteiger partial charge is 0.281 e. The van der Waals surface area contributed by atoms with Gasteiger partial charge in [-0.25, -0.2) is 0 Å². The Hall–Kier alpha value is -1.88. The van der Waals surface area contributed by atoms with Crippen LogP contribution in [-0.4, -0.2) is 23.3 Å². The van der Waals surface area contributed by atoms with Crippen LogP contribution in [-0.2, 0) is 9.59 Å². The lowest BCUT2D eigenvalue weighted by atomic mass is 9.60. The molecule has 5 nitrogen and oxygen atoms in total. The average molecular weight is 273 g/mol. The van der Waals surface area contributed by atoms with Gasteiger partial charge < -0.3 is 0 Å². The first-order chi connectivity index (χ1) is 9.62. The molecule has 1 heterocycles. The summed E-state index contributed by atoms with van der Waals surface area (Å²) in [6.07, 6.45) is 5.08. The molecule has 1 aliphatic carbocycles. The van der Waals surface area contributed by atoms with Crippen LogP contribution in [0.4, 0.5) is 0 Å². The minimum absolute atomic E-state index is 0.226. The van der Waals surface area contributed by atoms with Gasteiger partial charge in [-0.1, -0.05) is 25.7 Å². The minimum Gasteiger partial charge on any atom is -0.281 e. The van der Waals surface area contributed by atoms with Crippen molar-refractivity contribution >= 4 is 11.8 Å². The van der Waals surface area contributed by atoms with E-state index in [4.69, 9.17) is 0 Å². The van der Waals surface area contributed by atoms with E-state index in [9.17, 15) is 20.1 Å². The van der Waals surface area contributed by atoms with Crippen molar-refractivity contribution in [3.63, 3.8) is 0 Å². The summed E-state index contributed by atoms with van der Waals surface area (Å²) in [6.45, 7) is 1.92. The van der Waals surface area contributed by atoms with E-state index in [0.29, 0.717) is 12.8 Å². The molecule has 1 aliphatic heterocycles. The number of carbonyl (C=O) groups is 2. The van der Waals surface area contributed by atoms with Crippen LogP contribution in [0.3, 0.4) is 0 Å². The van der Waals surface area contributed by atoms with Gasteiger partial charge in [0.1, 0.15) is 11.8 Å². The van der Waals surface area contributed by atoms with Gasteiger partial charge in [0, 0.05) is 12.0 Å². The second kappa shape index (κ2) is 5.63. The first-order valence-electron chi connectivity index (χ1n) is 7.27. The molecule has 0 N–H and O–H groups in total. The Morgan fingerprint density at radius 2 is 1.50 bits per heavy atom. The number of rotatable bonds is 1. The van der Waals surface area contributed by atoms with Crippen LogP contribution in [0.5, 0.6) is 0 Å². The maximum absolute atomic E-state index is 12.4. The number of carbonyl (C=O) groups excluding carboxylic acids is 2. The summed E-state index contributed by atoms with van der Waals surface area (Å²) in [5, 5.41) is 18.9. The molecule has 0 aromatic rings. The van der Waals surface area contributed by atoms with Gasteiger partial charge in [-0.15, -0.1) is 0 Å². The molecule has 0 radical (unpaired) electrons. The van der Waals surface area contributed by atoms with Crippen LogP contribution < -0.4 is 0 Å². The van der Waals surface area contributed by atoms with Gasteiger partial charge >= 0.3 is 0 Å². The molecule has 2 atom stereocenters. The van der Waals surface area contributed by atoms with E-state index in [1.807, 2.05) is 0 Å². The molecule has 2 fully saturated rings. The third kappa shape index (κ3) is 1.98. The molecule has 0 aromatic heterocycles. The second-order valence-electron chi connectivity index (χ2n) is 5.69. The van der Waals surface area contributed by atoms with Gasteiger partial charge in [-0.2, -0.15) is 10.5 Å². The summed E-state index contributed by atoms with van der Waals surface area (Å²) in [4.78, 5) is 25.9. The molecule has 20 heavy (non-hydrogen) atoms. The first-order valence-corrected chi connectivity index (χ1v) is 7.27. The van der Waals surface area contributed by atoms with E-state index in [1.54, 1.807) is 6.92 Å². The topological polar surface area (TPSA) is 85.0 Å². The van der Waals surface area contributed by atoms with Crippen LogP contribution in [0.1, 0.15) is 45.4 Å². The van der Waals surface area contributed by atoms with E-state index >= 15 is 0 Å². The summed E-state index contributed by atoms with van der Waals surface area (Å²) >= 11 is 0. The first kappa shape index (κ1) is 14.5. The van der Waals surface area contributed by atoms with Crippen molar-refractivity contribution in [2.24, 2.45) is 17.3 Å². The summed E-state index contributed by atoms with van der Waals surface area (Å²) in [5.74, 6) is -2.53. The lowest BCUT2D eigenvalue weighted by molar-refractivity contribution is -0.162. The summed E-state index contributed by atoms with van der Waals surface area (Å²) in [5.41, 5.74) is -0.764. The van der Waals surface area contributed by atoms with Gasteiger partial charge in [0.25, 0.3) is 0 Å². The Morgan fingerprint density at radius 3 is 1.85 bits per heavy atom. The van der Waals surface area contributed by atoms with E-state index in [1.165, 1.54) is 0 Å². The predicted octanol–water partition coefficient (Wildman–Crippen LogP) is 2.00. The van der Waals surface area contributed by atoms with E-state index in [2.05, 4.69) is 12.1 Å². The number of imide groups is 1. The molecule has 1 saturated carbocycles. The number of amides is 2. The molecule has 0 unspecified atom stereocenters. The molecule has 1 saturated heterocycles. The lowest BCUT2D eigenvalue weighted by Crippen LogP contribution is -2.59. The third-order valence-corrected chi connectivity index (χ3v) is 4.78. The van der Waals surface area contributed by atoms with Crippen molar-refractivity contribution in [3.05, 3.63) is 0 Å². The smallest absolute Gasteiger partial charge is 0.247 e. The lowest BCUT2D eigenvalue weighted by Gasteiger charge is -2.45. The van der Waals surface area contributed by atoms with Crippen LogP contribution in [0.15, 0.2) is 0 Å². The van der Waals surface area contributed by atoms with Crippen LogP contribution in [0.2, 0.25) is 0 Å². The van der Waals surface area contributed by atoms with E-state index < -0.39 is 29.1 Å². The fourth-order valence-electron chi connectivity index (χ4n) is 3.72. The number of nitriles is 2. The van der Waals surface area contributed by atoms with E-state index in [-0.39, 0.29) is 6.54 Å². The monoisotopic (exact) mass is 273 g/mol. The number of likely N-dealkylation sites (tertiary alicyclic amines) is 1. The zero-order chi connectivity index (χ0) is 14.8. The molecule has 2 rings (SSSR count). The quantitative estimate of drug-likeness (QED) is 0.684. The Labute approximate surface area is 119 Å². The molecular weight excluding hydrogens is 254 g/mol. The highest BCUT2D eigenvalue weighted by Gasteiger charge is 2.58. The van der Waals surface area contributed by atoms with Gasteiger partial charge in [0.2, 0.25) is 11.8 Å². The van der Waals surface area contributed by atoms with Crippen molar-refractivity contribution < 1.29 is 9.59 Å².